The van der Waals surface area contributed by atoms with Crippen LogP contribution in [-0.2, 0) is 11.8 Å². The second-order valence-electron chi connectivity index (χ2n) is 9.70. The molecule has 1 aliphatic heterocycles. The van der Waals surface area contributed by atoms with E-state index in [2.05, 4.69) is 22.9 Å². The summed E-state index contributed by atoms with van der Waals surface area (Å²) in [5.41, 5.74) is 15.8. The molecular weight excluding hydrogens is 456 g/mol. The van der Waals surface area contributed by atoms with Crippen molar-refractivity contribution in [2.75, 3.05) is 30.3 Å². The molecule has 5 rings (SSSR count). The molecule has 2 atom stereocenters. The Hall–Kier alpha value is -3.15. The Morgan fingerprint density at radius 2 is 2.09 bits per heavy atom. The van der Waals surface area contributed by atoms with Crippen LogP contribution in [0.15, 0.2) is 42.1 Å². The molecule has 0 amide bonds. The number of carbonyl (C=O) groups excluding carboxylic acids is 1. The van der Waals surface area contributed by atoms with Crippen molar-refractivity contribution in [2.24, 2.45) is 5.73 Å². The summed E-state index contributed by atoms with van der Waals surface area (Å²) >= 11 is 1.50. The van der Waals surface area contributed by atoms with E-state index in [1.54, 1.807) is 6.07 Å². The van der Waals surface area contributed by atoms with Crippen molar-refractivity contribution in [3.63, 3.8) is 0 Å². The Bertz CT molecular complexity index is 1240. The highest BCUT2D eigenvalue weighted by Crippen LogP contribution is 2.53. The molecule has 0 bridgehead atoms. The van der Waals surface area contributed by atoms with E-state index in [4.69, 9.17) is 16.5 Å². The smallest absolute Gasteiger partial charge is 0.209 e. The van der Waals surface area contributed by atoms with Crippen LogP contribution in [0.2, 0.25) is 0 Å². The number of Topliss-reactive ketones (excluding diaryl/α,β-unsaturated/α-hetero) is 1. The number of nitrogen functional groups attached to an aromatic ring is 1. The molecule has 0 radical (unpaired) electrons. The summed E-state index contributed by atoms with van der Waals surface area (Å²) in [6, 6.07) is 8.07. The van der Waals surface area contributed by atoms with Crippen LogP contribution in [0.25, 0.3) is 0 Å². The van der Waals surface area contributed by atoms with Crippen molar-refractivity contribution in [1.82, 2.24) is 10.3 Å². The van der Waals surface area contributed by atoms with Crippen LogP contribution in [0.3, 0.4) is 0 Å². The lowest BCUT2D eigenvalue weighted by atomic mass is 9.62. The van der Waals surface area contributed by atoms with Gasteiger partial charge in [-0.25, -0.2) is 4.98 Å². The summed E-state index contributed by atoms with van der Waals surface area (Å²) in [4.78, 5) is 22.0. The first-order chi connectivity index (χ1) is 17.0. The molecule has 0 aromatic carbocycles. The second-order valence-corrected chi connectivity index (χ2v) is 10.8. The molecular formula is C27H32N6OS. The van der Waals surface area contributed by atoms with Crippen molar-refractivity contribution in [3.8, 4) is 6.07 Å². The number of nitrogens with zero attached hydrogens (tertiary/aromatic N) is 3. The van der Waals surface area contributed by atoms with Gasteiger partial charge in [0.2, 0.25) is 5.78 Å². The molecule has 0 saturated carbocycles. The number of nitrogens with two attached hydrogens (primary N) is 2. The standard InChI is InChI=1S/C27H32N6OS/c1-2-17-16-31-13-6-14-33(17)22-10-3-8-20(32-22)24(34)18-7-4-11-27(25(18)29)12-5-9-21-23(27)19(15-28)26(30)35-21/h2-3,8,10,17,31H,1,4-7,9,11-14,16,29-30H2/t17-,27-/m0/s1. The molecule has 1 spiro atoms. The maximum absolute atomic E-state index is 13.8. The van der Waals surface area contributed by atoms with Crippen LogP contribution in [0.5, 0.6) is 0 Å². The summed E-state index contributed by atoms with van der Waals surface area (Å²) in [5, 5.41) is 13.9. The highest BCUT2D eigenvalue weighted by Gasteiger charge is 2.46. The lowest BCUT2D eigenvalue weighted by Gasteiger charge is -2.42. The average Bonchev–Trinajstić information content (AvgIpc) is 3.04. The van der Waals surface area contributed by atoms with Gasteiger partial charge in [-0.05, 0) is 69.2 Å². The Balaban J connectivity index is 1.54. The van der Waals surface area contributed by atoms with E-state index >= 15 is 0 Å². The number of ketones is 1. The molecule has 0 unspecified atom stereocenters. The zero-order valence-corrected chi connectivity index (χ0v) is 20.8. The fraction of sp³-hybridized carbons (Fsp3) is 0.444. The van der Waals surface area contributed by atoms with Gasteiger partial charge in [0, 0.05) is 34.7 Å². The predicted molar refractivity (Wildman–Crippen MR) is 141 cm³/mol. The molecule has 3 heterocycles. The van der Waals surface area contributed by atoms with Crippen molar-refractivity contribution in [2.45, 2.75) is 56.4 Å². The van der Waals surface area contributed by atoms with Crippen LogP contribution in [0, 0.1) is 11.3 Å². The Kier molecular flexibility index (Phi) is 6.39. The zero-order chi connectivity index (χ0) is 24.6. The third kappa shape index (κ3) is 3.93. The third-order valence-corrected chi connectivity index (χ3v) is 8.87. The Morgan fingerprint density at radius 3 is 2.86 bits per heavy atom. The number of hydrogen-bond acceptors (Lipinski definition) is 8. The summed E-state index contributed by atoms with van der Waals surface area (Å²) in [5.74, 6) is 0.673. The number of hydrogen-bond donors (Lipinski definition) is 3. The molecule has 3 aliphatic rings. The van der Waals surface area contributed by atoms with E-state index in [-0.39, 0.29) is 11.8 Å². The van der Waals surface area contributed by atoms with Gasteiger partial charge >= 0.3 is 0 Å². The van der Waals surface area contributed by atoms with E-state index < -0.39 is 5.41 Å². The summed E-state index contributed by atoms with van der Waals surface area (Å²) in [6.07, 6.45) is 7.95. The first-order valence-electron chi connectivity index (χ1n) is 12.4. The summed E-state index contributed by atoms with van der Waals surface area (Å²) < 4.78 is 0. The number of rotatable bonds is 4. The van der Waals surface area contributed by atoms with Crippen molar-refractivity contribution in [3.05, 3.63) is 63.8 Å². The molecule has 2 aromatic heterocycles. The van der Waals surface area contributed by atoms with E-state index in [1.165, 1.54) is 11.3 Å². The van der Waals surface area contributed by atoms with Gasteiger partial charge in [0.05, 0.1) is 11.6 Å². The second kappa shape index (κ2) is 9.48. The van der Waals surface area contributed by atoms with Crippen molar-refractivity contribution >= 4 is 27.9 Å². The minimum Gasteiger partial charge on any atom is -0.401 e. The molecule has 1 fully saturated rings. The van der Waals surface area contributed by atoms with E-state index in [0.717, 1.165) is 74.4 Å². The number of aryl methyl sites for hydroxylation is 1. The minimum atomic E-state index is -0.488. The predicted octanol–water partition coefficient (Wildman–Crippen LogP) is 3.80. The average molecular weight is 489 g/mol. The number of carbonyl (C=O) groups is 1. The lowest BCUT2D eigenvalue weighted by molar-refractivity contribution is 0.101. The van der Waals surface area contributed by atoms with Crippen molar-refractivity contribution < 1.29 is 4.79 Å². The zero-order valence-electron chi connectivity index (χ0n) is 20.0. The molecule has 1 saturated heterocycles. The Morgan fingerprint density at radius 1 is 1.29 bits per heavy atom. The largest absolute Gasteiger partial charge is 0.401 e. The first-order valence-corrected chi connectivity index (χ1v) is 13.2. The number of nitrogens with one attached hydrogen (secondary N) is 1. The van der Waals surface area contributed by atoms with Crippen LogP contribution < -0.4 is 21.7 Å². The van der Waals surface area contributed by atoms with Gasteiger partial charge in [-0.15, -0.1) is 17.9 Å². The molecule has 8 heteroatoms. The van der Waals surface area contributed by atoms with Crippen LogP contribution in [0.4, 0.5) is 10.8 Å². The van der Waals surface area contributed by atoms with Crippen LogP contribution in [-0.4, -0.2) is 36.4 Å². The van der Waals surface area contributed by atoms with Gasteiger partial charge in [0.15, 0.2) is 0 Å². The highest BCUT2D eigenvalue weighted by atomic mass is 32.1. The maximum Gasteiger partial charge on any atom is 0.209 e. The third-order valence-electron chi connectivity index (χ3n) is 7.79. The molecule has 7 nitrogen and oxygen atoms in total. The number of pyridine rings is 1. The number of thiophene rings is 1. The Labute approximate surface area is 210 Å². The lowest BCUT2D eigenvalue weighted by Crippen LogP contribution is -2.41. The molecule has 2 aliphatic carbocycles. The van der Waals surface area contributed by atoms with Gasteiger partial charge in [-0.2, -0.15) is 5.26 Å². The SMILES string of the molecule is C=C[C@H]1CNCCCN1c1cccc(C(=O)C2=C(N)[C@@]3(CCC2)CCCc2sc(N)c(C#N)c23)n1. The van der Waals surface area contributed by atoms with Crippen molar-refractivity contribution in [1.29, 1.82) is 5.26 Å². The quantitative estimate of drug-likeness (QED) is 0.442. The highest BCUT2D eigenvalue weighted by molar-refractivity contribution is 7.16. The molecule has 5 N–H and O–H groups in total. The molecule has 182 valence electrons. The monoisotopic (exact) mass is 488 g/mol. The van der Waals surface area contributed by atoms with Gasteiger partial charge in [0.1, 0.15) is 22.6 Å². The number of nitriles is 1. The van der Waals surface area contributed by atoms with Gasteiger partial charge in [0.25, 0.3) is 0 Å². The molecule has 35 heavy (non-hydrogen) atoms. The number of allylic oxidation sites excluding steroid dienone is 2. The number of anilines is 2. The fourth-order valence-electron chi connectivity index (χ4n) is 6.11. The summed E-state index contributed by atoms with van der Waals surface area (Å²) in [6.45, 7) is 6.59. The summed E-state index contributed by atoms with van der Waals surface area (Å²) in [7, 11) is 0. The normalized spacial score (nSPS) is 24.5. The van der Waals surface area contributed by atoms with Gasteiger partial charge in [-0.3, -0.25) is 4.79 Å². The van der Waals surface area contributed by atoms with Gasteiger partial charge < -0.3 is 21.7 Å². The van der Waals surface area contributed by atoms with E-state index in [1.807, 2.05) is 18.2 Å². The van der Waals surface area contributed by atoms with E-state index in [9.17, 15) is 10.1 Å². The topological polar surface area (TPSA) is 121 Å². The fourth-order valence-corrected chi connectivity index (χ4v) is 7.27. The van der Waals surface area contributed by atoms with E-state index in [0.29, 0.717) is 33.9 Å². The minimum absolute atomic E-state index is 0.111. The van der Waals surface area contributed by atoms with Crippen LogP contribution in [0.1, 0.15) is 65.0 Å². The maximum atomic E-state index is 13.8. The number of fused-ring (bicyclic) bond motifs is 2. The molecule has 2 aromatic rings. The van der Waals surface area contributed by atoms with Gasteiger partial charge in [-0.1, -0.05) is 12.1 Å². The van der Waals surface area contributed by atoms with Crippen LogP contribution >= 0.6 is 11.3 Å². The number of aromatic nitrogens is 1. The first kappa shape index (κ1) is 23.6.